The molecule has 114 valence electrons. The lowest BCUT2D eigenvalue weighted by Gasteiger charge is -2.29. The van der Waals surface area contributed by atoms with Gasteiger partial charge in [-0.3, -0.25) is 10.1 Å². The summed E-state index contributed by atoms with van der Waals surface area (Å²) in [5.41, 5.74) is -1.34. The Bertz CT molecular complexity index is 575. The van der Waals surface area contributed by atoms with E-state index in [1.54, 1.807) is 0 Å². The Kier molecular flexibility index (Phi) is 4.40. The third-order valence-electron chi connectivity index (χ3n) is 3.79. The third-order valence-corrected chi connectivity index (χ3v) is 3.79. The van der Waals surface area contributed by atoms with Crippen molar-refractivity contribution in [3.8, 4) is 5.75 Å². The molecular weight excluding hydrogens is 281 g/mol. The van der Waals surface area contributed by atoms with Gasteiger partial charge in [-0.2, -0.15) is 0 Å². The summed E-state index contributed by atoms with van der Waals surface area (Å²) < 4.78 is 19.5. The monoisotopic (exact) mass is 297 g/mol. The van der Waals surface area contributed by atoms with Gasteiger partial charge >= 0.3 is 5.97 Å². The van der Waals surface area contributed by atoms with Crippen LogP contribution in [0.4, 0.5) is 10.1 Å². The van der Waals surface area contributed by atoms with Crippen LogP contribution in [0.15, 0.2) is 12.1 Å². The van der Waals surface area contributed by atoms with Gasteiger partial charge in [-0.05, 0) is 25.2 Å². The van der Waals surface area contributed by atoms with Crippen molar-refractivity contribution in [1.82, 2.24) is 0 Å². The second-order valence-corrected chi connectivity index (χ2v) is 5.28. The van der Waals surface area contributed by atoms with Crippen molar-refractivity contribution in [3.63, 3.8) is 0 Å². The van der Waals surface area contributed by atoms with Crippen molar-refractivity contribution in [3.05, 3.63) is 33.6 Å². The summed E-state index contributed by atoms with van der Waals surface area (Å²) in [5.74, 6) is -2.40. The first-order valence-corrected chi connectivity index (χ1v) is 6.78. The van der Waals surface area contributed by atoms with Crippen molar-refractivity contribution in [2.45, 2.75) is 38.7 Å². The first-order chi connectivity index (χ1) is 9.90. The van der Waals surface area contributed by atoms with Crippen LogP contribution in [0.3, 0.4) is 0 Å². The highest BCUT2D eigenvalue weighted by Gasteiger charge is 2.28. The fraction of sp³-hybridized carbons (Fsp3) is 0.500. The highest BCUT2D eigenvalue weighted by Crippen LogP contribution is 2.32. The zero-order valence-electron chi connectivity index (χ0n) is 11.5. The van der Waals surface area contributed by atoms with Gasteiger partial charge in [0.15, 0.2) is 11.6 Å². The smallest absolute Gasteiger partial charge is 0.342 e. The van der Waals surface area contributed by atoms with Crippen LogP contribution in [0.5, 0.6) is 5.75 Å². The Balaban J connectivity index is 2.33. The van der Waals surface area contributed by atoms with E-state index in [1.165, 1.54) is 0 Å². The molecule has 2 atom stereocenters. The third kappa shape index (κ3) is 3.29. The van der Waals surface area contributed by atoms with Crippen molar-refractivity contribution in [1.29, 1.82) is 0 Å². The van der Waals surface area contributed by atoms with Gasteiger partial charge in [0.05, 0.1) is 11.0 Å². The van der Waals surface area contributed by atoms with E-state index >= 15 is 0 Å². The molecule has 1 fully saturated rings. The summed E-state index contributed by atoms with van der Waals surface area (Å²) >= 11 is 0. The molecule has 21 heavy (non-hydrogen) atoms. The number of ether oxygens (including phenoxy) is 1. The molecule has 1 saturated carbocycles. The van der Waals surface area contributed by atoms with Crippen LogP contribution in [0.2, 0.25) is 0 Å². The van der Waals surface area contributed by atoms with Crippen LogP contribution >= 0.6 is 0 Å². The normalized spacial score (nSPS) is 21.8. The lowest BCUT2D eigenvalue weighted by molar-refractivity contribution is -0.385. The molecule has 0 amide bonds. The van der Waals surface area contributed by atoms with Crippen molar-refractivity contribution in [2.75, 3.05) is 0 Å². The molecule has 0 spiro atoms. The number of aromatic carboxylic acids is 1. The van der Waals surface area contributed by atoms with Crippen molar-refractivity contribution < 1.29 is 24.0 Å². The fourth-order valence-corrected chi connectivity index (χ4v) is 2.58. The average molecular weight is 297 g/mol. The Morgan fingerprint density at radius 1 is 1.43 bits per heavy atom. The lowest BCUT2D eigenvalue weighted by atomic mass is 9.88. The predicted molar refractivity (Wildman–Crippen MR) is 72.1 cm³/mol. The highest BCUT2D eigenvalue weighted by atomic mass is 19.1. The number of rotatable bonds is 4. The number of hydrogen-bond donors (Lipinski definition) is 1. The molecule has 7 heteroatoms. The molecule has 0 aliphatic heterocycles. The quantitative estimate of drug-likeness (QED) is 0.679. The van der Waals surface area contributed by atoms with Crippen LogP contribution in [-0.2, 0) is 0 Å². The average Bonchev–Trinajstić information content (AvgIpc) is 2.42. The first kappa shape index (κ1) is 15.2. The summed E-state index contributed by atoms with van der Waals surface area (Å²) in [7, 11) is 0. The number of nitro benzene ring substituents is 1. The minimum Gasteiger partial charge on any atom is -0.487 e. The van der Waals surface area contributed by atoms with Gasteiger partial charge in [0.2, 0.25) is 0 Å². The van der Waals surface area contributed by atoms with E-state index < -0.39 is 28.0 Å². The highest BCUT2D eigenvalue weighted by molar-refractivity contribution is 5.92. The molecule has 6 nitrogen and oxygen atoms in total. The first-order valence-electron chi connectivity index (χ1n) is 6.78. The Morgan fingerprint density at radius 3 is 2.67 bits per heavy atom. The number of carboxylic acid groups (broad SMARTS) is 1. The molecule has 0 bridgehead atoms. The van der Waals surface area contributed by atoms with Gasteiger partial charge < -0.3 is 9.84 Å². The fourth-order valence-electron chi connectivity index (χ4n) is 2.58. The lowest BCUT2D eigenvalue weighted by Crippen LogP contribution is -2.28. The molecule has 1 aliphatic rings. The van der Waals surface area contributed by atoms with Crippen molar-refractivity contribution in [2.24, 2.45) is 5.92 Å². The molecule has 0 aromatic heterocycles. The van der Waals surface area contributed by atoms with E-state index in [0.29, 0.717) is 6.07 Å². The largest absolute Gasteiger partial charge is 0.487 e. The van der Waals surface area contributed by atoms with Crippen LogP contribution in [0.1, 0.15) is 43.0 Å². The molecule has 1 N–H and O–H groups in total. The summed E-state index contributed by atoms with van der Waals surface area (Å²) in [6.07, 6.45) is 3.58. The maximum Gasteiger partial charge on any atom is 0.342 e. The molecule has 1 aromatic carbocycles. The molecule has 2 rings (SSSR count). The van der Waals surface area contributed by atoms with Crippen LogP contribution < -0.4 is 4.74 Å². The van der Waals surface area contributed by atoms with E-state index in [9.17, 15) is 19.3 Å². The van der Waals surface area contributed by atoms with Crippen LogP contribution in [-0.4, -0.2) is 22.1 Å². The standard InChI is InChI=1S/C14H16FNO5/c1-8-4-2-3-5-12(8)21-13-6-9(14(17)18)11(16(19)20)7-10(13)15/h6-8,12H,2-5H2,1H3,(H,17,18). The van der Waals surface area contributed by atoms with E-state index in [2.05, 4.69) is 0 Å². The summed E-state index contributed by atoms with van der Waals surface area (Å²) in [6.45, 7) is 1.99. The molecular formula is C14H16FNO5. The maximum atomic E-state index is 13.9. The van der Waals surface area contributed by atoms with Gasteiger partial charge in [-0.25, -0.2) is 9.18 Å². The number of hydrogen-bond acceptors (Lipinski definition) is 4. The van der Waals surface area contributed by atoms with Gasteiger partial charge in [-0.1, -0.05) is 13.3 Å². The molecule has 0 radical (unpaired) electrons. The Hall–Kier alpha value is -2.18. The molecule has 0 heterocycles. The molecule has 1 aliphatic carbocycles. The van der Waals surface area contributed by atoms with Crippen LogP contribution in [0.25, 0.3) is 0 Å². The zero-order chi connectivity index (χ0) is 15.6. The SMILES string of the molecule is CC1CCCCC1Oc1cc(C(=O)O)c([N+](=O)[O-])cc1F. The van der Waals surface area contributed by atoms with Gasteiger partial charge in [0, 0.05) is 6.07 Å². The minimum absolute atomic E-state index is 0.198. The predicted octanol–water partition coefficient (Wildman–Crippen LogP) is 3.39. The van der Waals surface area contributed by atoms with Gasteiger partial charge in [-0.15, -0.1) is 0 Å². The molecule has 0 saturated heterocycles. The second kappa shape index (κ2) is 6.07. The summed E-state index contributed by atoms with van der Waals surface area (Å²) in [6, 6.07) is 1.50. The number of halogens is 1. The topological polar surface area (TPSA) is 89.7 Å². The van der Waals surface area contributed by atoms with E-state index in [1.807, 2.05) is 6.92 Å². The van der Waals surface area contributed by atoms with Crippen LogP contribution in [0, 0.1) is 21.8 Å². The van der Waals surface area contributed by atoms with E-state index in [4.69, 9.17) is 9.84 Å². The second-order valence-electron chi connectivity index (χ2n) is 5.28. The number of carboxylic acids is 1. The number of benzene rings is 1. The number of nitro groups is 1. The Morgan fingerprint density at radius 2 is 2.10 bits per heavy atom. The summed E-state index contributed by atoms with van der Waals surface area (Å²) in [5, 5.41) is 19.8. The number of carbonyl (C=O) groups is 1. The zero-order valence-corrected chi connectivity index (χ0v) is 11.5. The maximum absolute atomic E-state index is 13.9. The minimum atomic E-state index is -1.48. The van der Waals surface area contributed by atoms with Gasteiger partial charge in [0.1, 0.15) is 11.7 Å². The number of nitrogens with zero attached hydrogens (tertiary/aromatic N) is 1. The van der Waals surface area contributed by atoms with E-state index in [0.717, 1.165) is 31.7 Å². The van der Waals surface area contributed by atoms with Crippen molar-refractivity contribution >= 4 is 11.7 Å². The van der Waals surface area contributed by atoms with Gasteiger partial charge in [0.25, 0.3) is 5.69 Å². The molecule has 1 aromatic rings. The molecule has 2 unspecified atom stereocenters. The Labute approximate surface area is 120 Å². The summed E-state index contributed by atoms with van der Waals surface area (Å²) in [4.78, 5) is 20.9. The van der Waals surface area contributed by atoms with E-state index in [-0.39, 0.29) is 17.8 Å².